The number of unbranched alkanes of at least 4 members (excludes halogenated alkanes) is 1. The second kappa shape index (κ2) is 15.6. The number of aryl methyl sites for hydroxylation is 1. The summed E-state index contributed by atoms with van der Waals surface area (Å²) in [7, 11) is 0. The zero-order valence-corrected chi connectivity index (χ0v) is 20.4. The molecule has 184 valence electrons. The zero-order chi connectivity index (χ0) is 23.9. The van der Waals surface area contributed by atoms with Crippen LogP contribution in [0, 0.1) is 0 Å². The van der Waals surface area contributed by atoms with Crippen molar-refractivity contribution in [3.05, 3.63) is 52.6 Å². The second-order valence-electron chi connectivity index (χ2n) is 8.32. The van der Waals surface area contributed by atoms with Crippen LogP contribution in [0.4, 0.5) is 11.5 Å². The normalized spacial score (nSPS) is 14.5. The molecule has 1 aromatic carbocycles. The van der Waals surface area contributed by atoms with Gasteiger partial charge in [-0.05, 0) is 88.6 Å². The highest BCUT2D eigenvalue weighted by Gasteiger charge is 2.15. The van der Waals surface area contributed by atoms with Crippen molar-refractivity contribution in [3.63, 3.8) is 0 Å². The van der Waals surface area contributed by atoms with Crippen molar-refractivity contribution in [2.75, 3.05) is 38.0 Å². The fraction of sp³-hybridized carbons (Fsp3) is 0.600. The van der Waals surface area contributed by atoms with Crippen molar-refractivity contribution < 1.29 is 0 Å². The molecule has 0 saturated carbocycles. The first-order valence-corrected chi connectivity index (χ1v) is 12.5. The standard InChI is InChI=1S/C23H37N7O.C2H6/c24-10-4-11-26-18-19-5-3-6-21(17-19)27-22-9-16-30(23(31)28-22)13-2-1-12-29-14-7-20(25)8-15-29;1-2/h3,5-6,9,16-17,20,26H,1-2,4,7-8,10-15,18,24-25H2,(H,27,28,31);1-2H3. The number of hydrogen-bond acceptors (Lipinski definition) is 7. The summed E-state index contributed by atoms with van der Waals surface area (Å²) in [6.07, 6.45) is 7.02. The molecule has 2 heterocycles. The molecule has 1 fully saturated rings. The molecule has 0 amide bonds. The number of benzene rings is 1. The van der Waals surface area contributed by atoms with Crippen LogP contribution in [0.5, 0.6) is 0 Å². The van der Waals surface area contributed by atoms with Crippen molar-refractivity contribution in [2.24, 2.45) is 11.5 Å². The van der Waals surface area contributed by atoms with E-state index in [0.717, 1.165) is 70.5 Å². The van der Waals surface area contributed by atoms with Crippen LogP contribution >= 0.6 is 0 Å². The van der Waals surface area contributed by atoms with Crippen LogP contribution < -0.4 is 27.8 Å². The van der Waals surface area contributed by atoms with E-state index in [-0.39, 0.29) is 5.69 Å². The van der Waals surface area contributed by atoms with Crippen LogP contribution in [0.2, 0.25) is 0 Å². The van der Waals surface area contributed by atoms with Crippen LogP contribution in [0.3, 0.4) is 0 Å². The van der Waals surface area contributed by atoms with Crippen molar-refractivity contribution in [3.8, 4) is 0 Å². The Morgan fingerprint density at radius 3 is 2.58 bits per heavy atom. The fourth-order valence-electron chi connectivity index (χ4n) is 3.83. The molecule has 0 spiro atoms. The predicted molar refractivity (Wildman–Crippen MR) is 138 cm³/mol. The molecule has 33 heavy (non-hydrogen) atoms. The largest absolute Gasteiger partial charge is 0.349 e. The van der Waals surface area contributed by atoms with E-state index >= 15 is 0 Å². The molecule has 1 saturated heterocycles. The molecule has 1 aromatic heterocycles. The van der Waals surface area contributed by atoms with Gasteiger partial charge in [-0.1, -0.05) is 26.0 Å². The average molecular weight is 458 g/mol. The maximum absolute atomic E-state index is 12.4. The van der Waals surface area contributed by atoms with E-state index in [4.69, 9.17) is 11.5 Å². The number of anilines is 2. The molecule has 3 rings (SSSR count). The van der Waals surface area contributed by atoms with E-state index in [1.54, 1.807) is 4.57 Å². The van der Waals surface area contributed by atoms with Gasteiger partial charge < -0.3 is 27.0 Å². The number of nitrogens with zero attached hydrogens (tertiary/aromatic N) is 3. The van der Waals surface area contributed by atoms with Crippen molar-refractivity contribution >= 4 is 11.5 Å². The Kier molecular flexibility index (Phi) is 12.7. The van der Waals surface area contributed by atoms with Gasteiger partial charge in [0.25, 0.3) is 0 Å². The Morgan fingerprint density at radius 1 is 1.09 bits per heavy atom. The minimum atomic E-state index is -0.214. The first-order valence-electron chi connectivity index (χ1n) is 12.5. The average Bonchev–Trinajstić information content (AvgIpc) is 2.83. The lowest BCUT2D eigenvalue weighted by Crippen LogP contribution is -2.40. The van der Waals surface area contributed by atoms with Crippen LogP contribution in [-0.2, 0) is 13.1 Å². The van der Waals surface area contributed by atoms with Gasteiger partial charge in [-0.2, -0.15) is 4.98 Å². The summed E-state index contributed by atoms with van der Waals surface area (Å²) in [5, 5.41) is 6.61. The number of hydrogen-bond donors (Lipinski definition) is 4. The molecule has 8 heteroatoms. The van der Waals surface area contributed by atoms with E-state index in [1.165, 1.54) is 5.56 Å². The van der Waals surface area contributed by atoms with E-state index < -0.39 is 0 Å². The third kappa shape index (κ3) is 10.0. The third-order valence-electron chi connectivity index (χ3n) is 5.72. The SMILES string of the molecule is CC.NCCCNCc1cccc(Nc2ccn(CCCCN3CCC(N)CC3)c(=O)n2)c1. The van der Waals surface area contributed by atoms with E-state index in [1.807, 2.05) is 38.2 Å². The molecule has 1 aliphatic heterocycles. The van der Waals surface area contributed by atoms with Gasteiger partial charge >= 0.3 is 5.69 Å². The van der Waals surface area contributed by atoms with Crippen LogP contribution in [0.15, 0.2) is 41.3 Å². The molecule has 0 atom stereocenters. The molecule has 0 unspecified atom stereocenters. The van der Waals surface area contributed by atoms with Crippen LogP contribution in [0.1, 0.15) is 51.5 Å². The summed E-state index contributed by atoms with van der Waals surface area (Å²) in [4.78, 5) is 19.1. The Balaban J connectivity index is 0.00000187. The maximum Gasteiger partial charge on any atom is 0.349 e. The summed E-state index contributed by atoms with van der Waals surface area (Å²) in [5.41, 5.74) is 13.4. The Hall–Kier alpha value is -2.26. The molecule has 0 aliphatic carbocycles. The molecule has 6 N–H and O–H groups in total. The minimum absolute atomic E-state index is 0.214. The molecule has 1 aliphatic rings. The number of nitrogens with two attached hydrogens (primary N) is 2. The van der Waals surface area contributed by atoms with E-state index in [0.29, 0.717) is 24.9 Å². The van der Waals surface area contributed by atoms with Gasteiger partial charge in [0.05, 0.1) is 0 Å². The lowest BCUT2D eigenvalue weighted by molar-refractivity contribution is 0.208. The maximum atomic E-state index is 12.4. The van der Waals surface area contributed by atoms with Crippen LogP contribution in [-0.4, -0.2) is 53.2 Å². The summed E-state index contributed by atoms with van der Waals surface area (Å²) in [5.74, 6) is 0.569. The molecular formula is C25H43N7O. The Labute approximate surface area is 198 Å². The molecule has 8 nitrogen and oxygen atoms in total. The lowest BCUT2D eigenvalue weighted by atomic mass is 10.1. The summed E-state index contributed by atoms with van der Waals surface area (Å²) >= 11 is 0. The Morgan fingerprint density at radius 2 is 1.85 bits per heavy atom. The lowest BCUT2D eigenvalue weighted by Gasteiger charge is -2.29. The highest BCUT2D eigenvalue weighted by molar-refractivity contribution is 5.56. The summed E-state index contributed by atoms with van der Waals surface area (Å²) < 4.78 is 1.69. The number of aromatic nitrogens is 2. The molecule has 0 bridgehead atoms. The summed E-state index contributed by atoms with van der Waals surface area (Å²) in [6.45, 7) is 10.3. The van der Waals surface area contributed by atoms with Gasteiger partial charge in [-0.15, -0.1) is 0 Å². The number of nitrogens with one attached hydrogen (secondary N) is 2. The highest BCUT2D eigenvalue weighted by Crippen LogP contribution is 2.15. The van der Waals surface area contributed by atoms with Gasteiger partial charge in [0.15, 0.2) is 0 Å². The molecule has 2 aromatic rings. The topological polar surface area (TPSA) is 114 Å². The van der Waals surface area contributed by atoms with E-state index in [2.05, 4.69) is 32.7 Å². The van der Waals surface area contributed by atoms with E-state index in [9.17, 15) is 4.79 Å². The van der Waals surface area contributed by atoms with Crippen LogP contribution in [0.25, 0.3) is 0 Å². The quantitative estimate of drug-likeness (QED) is 0.362. The van der Waals surface area contributed by atoms with Gasteiger partial charge in [0.1, 0.15) is 5.82 Å². The molecule has 0 radical (unpaired) electrons. The fourth-order valence-corrected chi connectivity index (χ4v) is 3.83. The minimum Gasteiger partial charge on any atom is -0.340 e. The number of likely N-dealkylation sites (tertiary alicyclic amines) is 1. The first kappa shape index (κ1) is 27.0. The zero-order valence-electron chi connectivity index (χ0n) is 20.4. The third-order valence-corrected chi connectivity index (χ3v) is 5.72. The van der Waals surface area contributed by atoms with Gasteiger partial charge in [0, 0.05) is 31.0 Å². The predicted octanol–water partition coefficient (Wildman–Crippen LogP) is 2.65. The van der Waals surface area contributed by atoms with Crippen molar-refractivity contribution in [1.82, 2.24) is 19.8 Å². The molecular weight excluding hydrogens is 414 g/mol. The van der Waals surface area contributed by atoms with Crippen molar-refractivity contribution in [2.45, 2.75) is 65.1 Å². The monoisotopic (exact) mass is 457 g/mol. The van der Waals surface area contributed by atoms with Gasteiger partial charge in [-0.3, -0.25) is 4.57 Å². The smallest absolute Gasteiger partial charge is 0.340 e. The van der Waals surface area contributed by atoms with Crippen molar-refractivity contribution in [1.29, 1.82) is 0 Å². The van der Waals surface area contributed by atoms with Gasteiger partial charge in [0.2, 0.25) is 0 Å². The second-order valence-corrected chi connectivity index (χ2v) is 8.32. The van der Waals surface area contributed by atoms with Gasteiger partial charge in [-0.25, -0.2) is 4.79 Å². The highest BCUT2D eigenvalue weighted by atomic mass is 16.1. The first-order chi connectivity index (χ1) is 16.1. The number of rotatable bonds is 12. The number of piperidine rings is 1. The summed E-state index contributed by atoms with van der Waals surface area (Å²) in [6, 6.07) is 10.3. The Bertz CT molecular complexity index is 847.